The van der Waals surface area contributed by atoms with Gasteiger partial charge in [0.15, 0.2) is 4.77 Å². The first kappa shape index (κ1) is 18.1. The number of hydrogen-bond donors (Lipinski definition) is 2. The van der Waals surface area contributed by atoms with E-state index in [9.17, 15) is 9.59 Å². The molecule has 1 aromatic heterocycles. The zero-order chi connectivity index (χ0) is 18.9. The van der Waals surface area contributed by atoms with E-state index in [1.807, 2.05) is 51.1 Å². The summed E-state index contributed by atoms with van der Waals surface area (Å²) in [5.41, 5.74) is 1.38. The van der Waals surface area contributed by atoms with E-state index in [2.05, 4.69) is 10.3 Å². The van der Waals surface area contributed by atoms with Crippen molar-refractivity contribution in [3.8, 4) is 0 Å². The molecule has 0 aliphatic rings. The summed E-state index contributed by atoms with van der Waals surface area (Å²) in [4.78, 5) is 28.2. The minimum absolute atomic E-state index is 0.150. The average molecular weight is 367 g/mol. The molecule has 2 aromatic carbocycles. The number of nitrogens with zero attached hydrogens (tertiary/aromatic N) is 1. The second-order valence-electron chi connectivity index (χ2n) is 6.69. The van der Waals surface area contributed by atoms with E-state index in [0.29, 0.717) is 27.8 Å². The van der Waals surface area contributed by atoms with Gasteiger partial charge in [-0.1, -0.05) is 30.3 Å². The molecule has 0 atom stereocenters. The van der Waals surface area contributed by atoms with Crippen molar-refractivity contribution in [2.24, 2.45) is 0 Å². The number of aromatic amines is 1. The monoisotopic (exact) mass is 367 g/mol. The van der Waals surface area contributed by atoms with Crippen molar-refractivity contribution in [1.82, 2.24) is 14.9 Å². The first-order chi connectivity index (χ1) is 12.3. The van der Waals surface area contributed by atoms with Crippen LogP contribution in [0.5, 0.6) is 0 Å². The van der Waals surface area contributed by atoms with Crippen molar-refractivity contribution in [3.63, 3.8) is 0 Å². The van der Waals surface area contributed by atoms with Gasteiger partial charge in [-0.05, 0) is 56.8 Å². The van der Waals surface area contributed by atoms with Crippen LogP contribution in [0.15, 0.2) is 53.3 Å². The van der Waals surface area contributed by atoms with Crippen molar-refractivity contribution < 1.29 is 4.79 Å². The first-order valence-electron chi connectivity index (χ1n) is 8.48. The number of fused-ring (bicyclic) bond motifs is 1. The van der Waals surface area contributed by atoms with Gasteiger partial charge in [0.05, 0.1) is 16.4 Å². The third kappa shape index (κ3) is 3.32. The van der Waals surface area contributed by atoms with Crippen LogP contribution in [0.4, 0.5) is 0 Å². The Bertz CT molecular complexity index is 1080. The van der Waals surface area contributed by atoms with Crippen LogP contribution in [0, 0.1) is 4.77 Å². The van der Waals surface area contributed by atoms with Gasteiger partial charge in [-0.2, -0.15) is 0 Å². The lowest BCUT2D eigenvalue weighted by Gasteiger charge is -2.27. The van der Waals surface area contributed by atoms with E-state index in [1.54, 1.807) is 18.2 Å². The van der Waals surface area contributed by atoms with Gasteiger partial charge in [0, 0.05) is 12.1 Å². The summed E-state index contributed by atoms with van der Waals surface area (Å²) in [6.45, 7) is 6.27. The molecule has 6 heteroatoms. The Morgan fingerprint density at radius 2 is 1.88 bits per heavy atom. The van der Waals surface area contributed by atoms with E-state index in [0.717, 1.165) is 5.56 Å². The number of nitrogens with one attached hydrogen (secondary N) is 2. The molecule has 5 nitrogen and oxygen atoms in total. The van der Waals surface area contributed by atoms with Crippen LogP contribution in [0.2, 0.25) is 0 Å². The lowest BCUT2D eigenvalue weighted by molar-refractivity contribution is 0.0912. The summed E-state index contributed by atoms with van der Waals surface area (Å²) in [5.74, 6) is -0.209. The number of carbonyl (C=O) groups is 1. The fourth-order valence-electron chi connectivity index (χ4n) is 2.97. The molecular formula is C20H21N3O2S. The Hall–Kier alpha value is -2.73. The smallest absolute Gasteiger partial charge is 0.262 e. The van der Waals surface area contributed by atoms with Crippen LogP contribution in [-0.4, -0.2) is 15.5 Å². The SMILES string of the molecule is CCn1c(=S)[nH]c2cc(C(=O)NC(C)(C)c3ccccc3)ccc2c1=O. The second-order valence-corrected chi connectivity index (χ2v) is 7.07. The van der Waals surface area contributed by atoms with Gasteiger partial charge in [0.2, 0.25) is 0 Å². The molecule has 26 heavy (non-hydrogen) atoms. The lowest BCUT2D eigenvalue weighted by atomic mass is 9.94. The zero-order valence-electron chi connectivity index (χ0n) is 15.0. The Morgan fingerprint density at radius 1 is 1.19 bits per heavy atom. The minimum atomic E-state index is -0.522. The number of aromatic nitrogens is 2. The summed E-state index contributed by atoms with van der Waals surface area (Å²) in [6.07, 6.45) is 0. The largest absolute Gasteiger partial charge is 0.343 e. The van der Waals surface area contributed by atoms with E-state index < -0.39 is 5.54 Å². The molecule has 134 valence electrons. The van der Waals surface area contributed by atoms with Crippen molar-refractivity contribution >= 4 is 29.0 Å². The fourth-order valence-corrected chi connectivity index (χ4v) is 3.29. The second kappa shape index (κ2) is 6.88. The number of rotatable bonds is 4. The van der Waals surface area contributed by atoms with Gasteiger partial charge < -0.3 is 10.3 Å². The topological polar surface area (TPSA) is 66.9 Å². The molecule has 3 rings (SSSR count). The normalized spacial score (nSPS) is 11.5. The molecule has 0 radical (unpaired) electrons. The van der Waals surface area contributed by atoms with Crippen molar-refractivity contribution in [1.29, 1.82) is 0 Å². The number of amides is 1. The molecule has 0 aliphatic heterocycles. The Balaban J connectivity index is 1.97. The molecule has 0 saturated carbocycles. The maximum absolute atomic E-state index is 12.7. The standard InChI is InChI=1S/C20H21N3O2S/c1-4-23-18(25)15-11-10-13(12-16(15)21-19(23)26)17(24)22-20(2,3)14-8-6-5-7-9-14/h5-12H,4H2,1-3H3,(H,21,26)(H,22,24). The molecule has 1 heterocycles. The molecule has 1 amide bonds. The summed E-state index contributed by atoms with van der Waals surface area (Å²) in [7, 11) is 0. The Labute approximate surface area is 156 Å². The van der Waals surface area contributed by atoms with Gasteiger partial charge in [0.25, 0.3) is 11.5 Å². The van der Waals surface area contributed by atoms with E-state index in [1.165, 1.54) is 4.57 Å². The number of benzene rings is 2. The van der Waals surface area contributed by atoms with Crippen molar-refractivity contribution in [3.05, 3.63) is 74.8 Å². The third-order valence-corrected chi connectivity index (χ3v) is 4.80. The highest BCUT2D eigenvalue weighted by Gasteiger charge is 2.23. The summed E-state index contributed by atoms with van der Waals surface area (Å²) < 4.78 is 1.85. The lowest BCUT2D eigenvalue weighted by Crippen LogP contribution is -2.41. The quantitative estimate of drug-likeness (QED) is 0.690. The van der Waals surface area contributed by atoms with Gasteiger partial charge in [0.1, 0.15) is 0 Å². The molecular weight excluding hydrogens is 346 g/mol. The highest BCUT2D eigenvalue weighted by molar-refractivity contribution is 7.71. The third-order valence-electron chi connectivity index (χ3n) is 4.48. The van der Waals surface area contributed by atoms with Gasteiger partial charge in [-0.15, -0.1) is 0 Å². The minimum Gasteiger partial charge on any atom is -0.343 e. The highest BCUT2D eigenvalue weighted by Crippen LogP contribution is 2.20. The van der Waals surface area contributed by atoms with Crippen molar-refractivity contribution in [2.45, 2.75) is 32.9 Å². The van der Waals surface area contributed by atoms with Gasteiger partial charge in [-0.25, -0.2) is 0 Å². The van der Waals surface area contributed by atoms with Crippen LogP contribution < -0.4 is 10.9 Å². The highest BCUT2D eigenvalue weighted by atomic mass is 32.1. The fraction of sp³-hybridized carbons (Fsp3) is 0.250. The molecule has 0 fully saturated rings. The van der Waals surface area contributed by atoms with E-state index in [4.69, 9.17) is 12.2 Å². The van der Waals surface area contributed by atoms with Gasteiger partial charge >= 0.3 is 0 Å². The average Bonchev–Trinajstić information content (AvgIpc) is 2.62. The van der Waals surface area contributed by atoms with Crippen LogP contribution in [-0.2, 0) is 12.1 Å². The summed E-state index contributed by atoms with van der Waals surface area (Å²) >= 11 is 5.23. The van der Waals surface area contributed by atoms with E-state index in [-0.39, 0.29) is 11.5 Å². The Kier molecular flexibility index (Phi) is 4.78. The first-order valence-corrected chi connectivity index (χ1v) is 8.89. The predicted octanol–water partition coefficient (Wildman–Crippen LogP) is 3.74. The summed E-state index contributed by atoms with van der Waals surface area (Å²) in [5, 5.41) is 3.56. The van der Waals surface area contributed by atoms with Crippen LogP contribution >= 0.6 is 12.2 Å². The van der Waals surface area contributed by atoms with Crippen molar-refractivity contribution in [2.75, 3.05) is 0 Å². The molecule has 0 spiro atoms. The molecule has 2 N–H and O–H groups in total. The molecule has 0 unspecified atom stereocenters. The van der Waals surface area contributed by atoms with Crippen LogP contribution in [0.25, 0.3) is 10.9 Å². The maximum Gasteiger partial charge on any atom is 0.262 e. The maximum atomic E-state index is 12.7. The predicted molar refractivity (Wildman–Crippen MR) is 106 cm³/mol. The van der Waals surface area contributed by atoms with Crippen LogP contribution in [0.1, 0.15) is 36.7 Å². The Morgan fingerprint density at radius 3 is 2.54 bits per heavy atom. The van der Waals surface area contributed by atoms with Gasteiger partial charge in [-0.3, -0.25) is 14.2 Å². The molecule has 3 aromatic rings. The molecule has 0 aliphatic carbocycles. The molecule has 0 saturated heterocycles. The number of H-pyrrole nitrogens is 1. The number of hydrogen-bond acceptors (Lipinski definition) is 3. The van der Waals surface area contributed by atoms with E-state index >= 15 is 0 Å². The van der Waals surface area contributed by atoms with Crippen LogP contribution in [0.3, 0.4) is 0 Å². The zero-order valence-corrected chi connectivity index (χ0v) is 15.8. The molecule has 0 bridgehead atoms. The number of carbonyl (C=O) groups excluding carboxylic acids is 1. The summed E-state index contributed by atoms with van der Waals surface area (Å²) in [6, 6.07) is 14.8.